The molecule has 0 amide bonds. The Balaban J connectivity index is 0.000000187. The number of allylic oxidation sites excluding steroid dienone is 8. The van der Waals surface area contributed by atoms with Crippen LogP contribution < -0.4 is 0 Å². The molecule has 0 aliphatic heterocycles. The number of rotatable bonds is 4. The molecule has 0 N–H and O–H groups in total. The molecule has 0 radical (unpaired) electrons. The second-order valence-electron chi connectivity index (χ2n) is 7.94. The van der Waals surface area contributed by atoms with E-state index in [1.807, 2.05) is 48.6 Å². The molecule has 0 bridgehead atoms. The largest absolute Gasteiger partial charge is 4.00 e. The Bertz CT molecular complexity index is 995. The number of benzene rings is 4. The van der Waals surface area contributed by atoms with Crippen LogP contribution in [0.15, 0.2) is 158 Å². The molecule has 0 aromatic heterocycles. The zero-order valence-corrected chi connectivity index (χ0v) is 23.5. The van der Waals surface area contributed by atoms with Crippen LogP contribution in [0, 0.1) is 25.0 Å². The van der Waals surface area contributed by atoms with Gasteiger partial charge in [-0.2, -0.15) is 12.2 Å². The normalized spacial score (nSPS) is 11.5. The van der Waals surface area contributed by atoms with Crippen LogP contribution in [0.5, 0.6) is 0 Å². The molecule has 4 aromatic rings. The molecule has 0 saturated carbocycles. The minimum atomic E-state index is 0. The Labute approximate surface area is 242 Å². The van der Waals surface area contributed by atoms with Crippen molar-refractivity contribution in [1.82, 2.24) is 0 Å². The molecule has 0 spiro atoms. The van der Waals surface area contributed by atoms with E-state index in [9.17, 15) is 0 Å². The predicted molar refractivity (Wildman–Crippen MR) is 154 cm³/mol. The van der Waals surface area contributed by atoms with Gasteiger partial charge in [-0.15, -0.1) is 96.5 Å². The maximum Gasteiger partial charge on any atom is 4.00 e. The average Bonchev–Trinajstić information content (AvgIpc) is 3.72. The average molecular weight is 556 g/mol. The molecule has 2 aliphatic rings. The van der Waals surface area contributed by atoms with Crippen LogP contribution in [0.2, 0.25) is 0 Å². The number of hydrogen-bond acceptors (Lipinski definition) is 0. The third-order valence-corrected chi connectivity index (χ3v) is 5.04. The first-order chi connectivity index (χ1) is 17.9. The first-order valence-corrected chi connectivity index (χ1v) is 12.2. The van der Waals surface area contributed by atoms with Gasteiger partial charge in [0.15, 0.2) is 0 Å². The van der Waals surface area contributed by atoms with Crippen molar-refractivity contribution < 1.29 is 26.2 Å². The molecule has 37 heavy (non-hydrogen) atoms. The van der Waals surface area contributed by atoms with Gasteiger partial charge in [0.1, 0.15) is 0 Å². The minimum Gasteiger partial charge on any atom is -0.273 e. The van der Waals surface area contributed by atoms with E-state index in [-0.39, 0.29) is 26.2 Å². The summed E-state index contributed by atoms with van der Waals surface area (Å²) in [6, 6.07) is 41.4. The molecule has 0 unspecified atom stereocenters. The maximum atomic E-state index is 2.99. The fourth-order valence-corrected chi connectivity index (χ4v) is 3.26. The van der Waals surface area contributed by atoms with Crippen LogP contribution in [-0.4, -0.2) is 0 Å². The fraction of sp³-hybridized carbons (Fsp3) is 0.0556. The minimum absolute atomic E-state index is 0. The van der Waals surface area contributed by atoms with Gasteiger partial charge in [-0.05, 0) is 0 Å². The smallest absolute Gasteiger partial charge is 0.273 e. The number of hydrogen-bond donors (Lipinski definition) is 0. The van der Waals surface area contributed by atoms with Gasteiger partial charge < -0.3 is 0 Å². The van der Waals surface area contributed by atoms with Gasteiger partial charge in [0.2, 0.25) is 0 Å². The Kier molecular flexibility index (Phi) is 15.8. The quantitative estimate of drug-likeness (QED) is 0.220. The molecule has 0 heterocycles. The maximum absolute atomic E-state index is 2.99. The van der Waals surface area contributed by atoms with E-state index in [4.69, 9.17) is 0 Å². The molecule has 0 nitrogen and oxygen atoms in total. The van der Waals surface area contributed by atoms with Crippen LogP contribution in [-0.2, 0) is 26.2 Å². The van der Waals surface area contributed by atoms with Crippen molar-refractivity contribution in [3.05, 3.63) is 205 Å². The van der Waals surface area contributed by atoms with Gasteiger partial charge in [0, 0.05) is 0 Å². The van der Waals surface area contributed by atoms with Crippen LogP contribution >= 0.6 is 0 Å². The third-order valence-electron chi connectivity index (χ3n) is 5.04. The summed E-state index contributed by atoms with van der Waals surface area (Å²) in [4.78, 5) is 0. The molecule has 180 valence electrons. The molecule has 0 fully saturated rings. The van der Waals surface area contributed by atoms with Crippen LogP contribution in [0.3, 0.4) is 0 Å². The van der Waals surface area contributed by atoms with E-state index in [1.165, 1.54) is 22.3 Å². The fourth-order valence-electron chi connectivity index (χ4n) is 3.26. The van der Waals surface area contributed by atoms with E-state index >= 15 is 0 Å². The zero-order valence-electron chi connectivity index (χ0n) is 21.1. The van der Waals surface area contributed by atoms with Gasteiger partial charge in [-0.25, -0.2) is 24.3 Å². The summed E-state index contributed by atoms with van der Waals surface area (Å²) in [5, 5.41) is 0. The molecule has 0 saturated heterocycles. The van der Waals surface area contributed by atoms with Crippen molar-refractivity contribution in [3.8, 4) is 0 Å². The standard InChI is InChI=1S/2C13H11.2C5H5.Zr/c2*1-3-7-12(8-4-1)11-13-9-5-2-6-10-13;2*1-2-4-5-3-1;/h2*1-11H;2*1-3H,4H2;/q4*-1;+4. The van der Waals surface area contributed by atoms with Crippen LogP contribution in [0.1, 0.15) is 35.1 Å². The molecule has 6 rings (SSSR count). The molecular formula is C36H32Zr. The Morgan fingerprint density at radius 2 is 0.676 bits per heavy atom. The van der Waals surface area contributed by atoms with E-state index in [0.717, 1.165) is 12.8 Å². The van der Waals surface area contributed by atoms with Crippen molar-refractivity contribution in [2.24, 2.45) is 0 Å². The summed E-state index contributed by atoms with van der Waals surface area (Å²) in [7, 11) is 0. The first-order valence-electron chi connectivity index (χ1n) is 12.2. The first kappa shape index (κ1) is 29.7. The predicted octanol–water partition coefficient (Wildman–Crippen LogP) is 9.18. The van der Waals surface area contributed by atoms with Gasteiger partial charge >= 0.3 is 26.2 Å². The summed E-state index contributed by atoms with van der Waals surface area (Å²) in [5.74, 6) is 0. The van der Waals surface area contributed by atoms with E-state index in [2.05, 4.69) is 134 Å². The van der Waals surface area contributed by atoms with Crippen molar-refractivity contribution in [1.29, 1.82) is 0 Å². The van der Waals surface area contributed by atoms with E-state index in [0.29, 0.717) is 0 Å². The summed E-state index contributed by atoms with van der Waals surface area (Å²) in [6.07, 6.45) is 24.3. The van der Waals surface area contributed by atoms with Gasteiger partial charge in [0.25, 0.3) is 0 Å². The summed E-state index contributed by atoms with van der Waals surface area (Å²) >= 11 is 0. The molecule has 4 aromatic carbocycles. The monoisotopic (exact) mass is 554 g/mol. The van der Waals surface area contributed by atoms with E-state index < -0.39 is 0 Å². The Morgan fingerprint density at radius 1 is 0.405 bits per heavy atom. The SMILES string of the molecule is [C-]1=CC=CC1.[C-]1=CC=CC1.[Zr+4].c1ccc([CH-]c2ccccc2)cc1.c1ccc([CH-]c2ccccc2)cc1. The molecular weight excluding hydrogens is 524 g/mol. The van der Waals surface area contributed by atoms with Gasteiger partial charge in [-0.3, -0.25) is 12.2 Å². The third kappa shape index (κ3) is 14.0. The Morgan fingerprint density at radius 3 is 0.838 bits per heavy atom. The second kappa shape index (κ2) is 19.6. The molecule has 2 aliphatic carbocycles. The second-order valence-corrected chi connectivity index (χ2v) is 7.94. The zero-order chi connectivity index (χ0) is 24.9. The van der Waals surface area contributed by atoms with Gasteiger partial charge in [0.05, 0.1) is 0 Å². The van der Waals surface area contributed by atoms with Crippen molar-refractivity contribution >= 4 is 0 Å². The Hall–Kier alpha value is -3.54. The molecule has 1 heteroatoms. The topological polar surface area (TPSA) is 0 Å². The van der Waals surface area contributed by atoms with Gasteiger partial charge in [-0.1, -0.05) is 72.8 Å². The van der Waals surface area contributed by atoms with Crippen molar-refractivity contribution in [2.75, 3.05) is 0 Å². The summed E-state index contributed by atoms with van der Waals surface area (Å²) in [5.41, 5.74) is 4.98. The van der Waals surface area contributed by atoms with Crippen molar-refractivity contribution in [3.63, 3.8) is 0 Å². The van der Waals surface area contributed by atoms with Crippen molar-refractivity contribution in [2.45, 2.75) is 12.8 Å². The summed E-state index contributed by atoms with van der Waals surface area (Å²) < 4.78 is 0. The van der Waals surface area contributed by atoms with E-state index in [1.54, 1.807) is 0 Å². The van der Waals surface area contributed by atoms with Crippen LogP contribution in [0.25, 0.3) is 0 Å². The summed E-state index contributed by atoms with van der Waals surface area (Å²) in [6.45, 7) is 0. The molecule has 0 atom stereocenters. The van der Waals surface area contributed by atoms with Crippen LogP contribution in [0.4, 0.5) is 0 Å².